The Bertz CT molecular complexity index is 4490. The molecule has 0 bridgehead atoms. The van der Waals surface area contributed by atoms with E-state index in [2.05, 4.69) is 231 Å². The van der Waals surface area contributed by atoms with Crippen molar-refractivity contribution in [3.8, 4) is 44.5 Å². The van der Waals surface area contributed by atoms with E-state index in [-0.39, 0.29) is 1.43 Å². The Labute approximate surface area is 392 Å². The van der Waals surface area contributed by atoms with E-state index in [1.807, 2.05) is 0 Å². The van der Waals surface area contributed by atoms with Crippen LogP contribution in [0.25, 0.3) is 153 Å². The molecule has 0 saturated heterocycles. The summed E-state index contributed by atoms with van der Waals surface area (Å²) in [7, 11) is 0. The van der Waals surface area contributed by atoms with Crippen molar-refractivity contribution >= 4 is 109 Å². The molecule has 0 fully saturated rings. The lowest BCUT2D eigenvalue weighted by atomic mass is 9.82. The van der Waals surface area contributed by atoms with Crippen molar-refractivity contribution in [2.75, 3.05) is 0 Å². The molecule has 2 heteroatoms. The van der Waals surface area contributed by atoms with Crippen molar-refractivity contribution in [2.45, 2.75) is 0 Å². The molecule has 2 heterocycles. The van der Waals surface area contributed by atoms with Gasteiger partial charge in [-0.15, -0.1) is 0 Å². The van der Waals surface area contributed by atoms with Crippen molar-refractivity contribution in [3.05, 3.63) is 231 Å². The summed E-state index contributed by atoms with van der Waals surface area (Å²) >= 11 is 0. The maximum atomic E-state index is 7.21. The first kappa shape index (κ1) is 37.3. The minimum atomic E-state index is 0. The molecule has 68 heavy (non-hydrogen) atoms. The van der Waals surface area contributed by atoms with Crippen LogP contribution in [0.2, 0.25) is 0 Å². The zero-order chi connectivity index (χ0) is 44.5. The Hall–Kier alpha value is -8.98. The normalized spacial score (nSPS) is 12.1. The second kappa shape index (κ2) is 14.3. The van der Waals surface area contributed by atoms with Crippen LogP contribution in [-0.4, -0.2) is 0 Å². The van der Waals surface area contributed by atoms with E-state index in [1.165, 1.54) is 76.1 Å². The monoisotopic (exact) mass is 864 g/mol. The molecule has 15 rings (SSSR count). The minimum absolute atomic E-state index is 0. The van der Waals surface area contributed by atoms with Crippen LogP contribution in [0.1, 0.15) is 1.43 Å². The standard InChI is InChI=1S/C66H38O2.H2/c1-2-20-40(21-3-1)58-44-24-6-8-26-46(44)61(47-27-9-7-25-45(47)58)54-37-41-38-55(66-64(53-33-15-17-36-57(53)68-66)59(41)63-52-32-14-16-35-56(52)67-65(54)63)62-50-30-12-10-28-48(50)60(49-29-11-13-31-51(49)62)43-34-18-22-39-19-4-5-23-42(39)43;/h1-38H;1H. The molecule has 0 N–H and O–H groups in total. The molecule has 0 radical (unpaired) electrons. The fourth-order valence-corrected chi connectivity index (χ4v) is 11.9. The predicted octanol–water partition coefficient (Wildman–Crippen LogP) is 19.3. The van der Waals surface area contributed by atoms with Crippen molar-refractivity contribution in [3.63, 3.8) is 0 Å². The van der Waals surface area contributed by atoms with Crippen LogP contribution >= 0.6 is 0 Å². The zero-order valence-corrected chi connectivity index (χ0v) is 36.8. The van der Waals surface area contributed by atoms with Gasteiger partial charge in [-0.2, -0.15) is 0 Å². The molecule has 0 aliphatic heterocycles. The molecule has 0 saturated carbocycles. The fraction of sp³-hybridized carbons (Fsp3) is 0. The number of benzene rings is 13. The van der Waals surface area contributed by atoms with E-state index in [1.54, 1.807) is 0 Å². The van der Waals surface area contributed by atoms with Crippen molar-refractivity contribution in [1.29, 1.82) is 0 Å². The first-order valence-electron chi connectivity index (χ1n) is 23.4. The molecule has 0 atom stereocenters. The number of hydrogen-bond donors (Lipinski definition) is 0. The summed E-state index contributed by atoms with van der Waals surface area (Å²) in [6.45, 7) is 0. The molecule has 2 aromatic heterocycles. The van der Waals surface area contributed by atoms with E-state index in [0.717, 1.165) is 76.9 Å². The van der Waals surface area contributed by atoms with Gasteiger partial charge in [0.05, 0.1) is 0 Å². The third kappa shape index (κ3) is 5.17. The van der Waals surface area contributed by atoms with Gasteiger partial charge in [-0.25, -0.2) is 0 Å². The summed E-state index contributed by atoms with van der Waals surface area (Å²) in [6.07, 6.45) is 0. The number of rotatable bonds is 4. The van der Waals surface area contributed by atoms with Crippen LogP contribution in [-0.2, 0) is 0 Å². The molecule has 0 aliphatic carbocycles. The van der Waals surface area contributed by atoms with Gasteiger partial charge in [-0.05, 0) is 106 Å². The van der Waals surface area contributed by atoms with E-state index < -0.39 is 0 Å². The first-order valence-corrected chi connectivity index (χ1v) is 23.4. The highest BCUT2D eigenvalue weighted by molar-refractivity contribution is 6.37. The lowest BCUT2D eigenvalue weighted by Crippen LogP contribution is -1.93. The summed E-state index contributed by atoms with van der Waals surface area (Å²) in [5, 5.41) is 18.6. The third-order valence-corrected chi connectivity index (χ3v) is 14.6. The summed E-state index contributed by atoms with van der Waals surface area (Å²) in [6, 6.07) is 83.8. The van der Waals surface area contributed by atoms with E-state index in [4.69, 9.17) is 8.83 Å². The van der Waals surface area contributed by atoms with Crippen LogP contribution < -0.4 is 0 Å². The average molecular weight is 865 g/mol. The van der Waals surface area contributed by atoms with Gasteiger partial charge in [-0.3, -0.25) is 0 Å². The molecular formula is C66H40O2. The fourth-order valence-electron chi connectivity index (χ4n) is 11.9. The maximum Gasteiger partial charge on any atom is 0.143 e. The van der Waals surface area contributed by atoms with Gasteiger partial charge in [0.1, 0.15) is 22.3 Å². The summed E-state index contributed by atoms with van der Waals surface area (Å²) in [4.78, 5) is 0. The summed E-state index contributed by atoms with van der Waals surface area (Å²) < 4.78 is 14.4. The molecule has 0 aliphatic rings. The van der Waals surface area contributed by atoms with Crippen LogP contribution in [0.3, 0.4) is 0 Å². The Morgan fingerprint density at radius 2 is 0.588 bits per heavy atom. The van der Waals surface area contributed by atoms with Crippen LogP contribution in [0, 0.1) is 0 Å². The Morgan fingerprint density at radius 1 is 0.235 bits per heavy atom. The first-order chi connectivity index (χ1) is 33.8. The van der Waals surface area contributed by atoms with Crippen molar-refractivity contribution in [2.24, 2.45) is 0 Å². The molecule has 2 nitrogen and oxygen atoms in total. The number of fused-ring (bicyclic) bond motifs is 14. The Morgan fingerprint density at radius 3 is 1.06 bits per heavy atom. The number of furan rings is 2. The summed E-state index contributed by atoms with van der Waals surface area (Å²) in [5.41, 5.74) is 12.8. The molecule has 15 aromatic rings. The van der Waals surface area contributed by atoms with E-state index in [9.17, 15) is 0 Å². The maximum absolute atomic E-state index is 7.21. The lowest BCUT2D eigenvalue weighted by Gasteiger charge is -2.20. The third-order valence-electron chi connectivity index (χ3n) is 14.6. The van der Waals surface area contributed by atoms with Gasteiger partial charge >= 0.3 is 0 Å². The van der Waals surface area contributed by atoms with Crippen LogP contribution in [0.4, 0.5) is 0 Å². The topological polar surface area (TPSA) is 26.3 Å². The SMILES string of the molecule is [HH].c1ccc(-c2c3ccccc3c(-c3cc4cc(-c5c6ccccc6c(-c6cccc7ccccc67)c6ccccc56)c5oc6ccccc6c5c4c4c3oc3ccccc34)c3ccccc23)cc1. The highest BCUT2D eigenvalue weighted by Gasteiger charge is 2.27. The minimum Gasteiger partial charge on any atom is -0.455 e. The highest BCUT2D eigenvalue weighted by atomic mass is 16.3. The van der Waals surface area contributed by atoms with Gasteiger partial charge < -0.3 is 8.83 Å². The van der Waals surface area contributed by atoms with E-state index >= 15 is 0 Å². The zero-order valence-electron chi connectivity index (χ0n) is 36.8. The van der Waals surface area contributed by atoms with Crippen LogP contribution in [0.15, 0.2) is 239 Å². The number of para-hydroxylation sites is 2. The van der Waals surface area contributed by atoms with Crippen LogP contribution in [0.5, 0.6) is 0 Å². The van der Waals surface area contributed by atoms with Crippen molar-refractivity contribution < 1.29 is 10.3 Å². The quantitative estimate of drug-likeness (QED) is 0.165. The predicted molar refractivity (Wildman–Crippen MR) is 290 cm³/mol. The lowest BCUT2D eigenvalue weighted by molar-refractivity contribution is 0.670. The van der Waals surface area contributed by atoms with Gasteiger partial charge in [-0.1, -0.05) is 206 Å². The molecule has 0 spiro atoms. The average Bonchev–Trinajstić information content (AvgIpc) is 3.99. The van der Waals surface area contributed by atoms with Gasteiger partial charge in [0.15, 0.2) is 0 Å². The molecule has 0 unspecified atom stereocenters. The van der Waals surface area contributed by atoms with Gasteiger partial charge in [0, 0.05) is 50.6 Å². The Kier molecular flexibility index (Phi) is 7.81. The Balaban J connectivity index is 0.00000448. The van der Waals surface area contributed by atoms with Gasteiger partial charge in [0.25, 0.3) is 0 Å². The molecule has 13 aromatic carbocycles. The van der Waals surface area contributed by atoms with E-state index in [0.29, 0.717) is 0 Å². The molecule has 0 amide bonds. The highest BCUT2D eigenvalue weighted by Crippen LogP contribution is 2.53. The smallest absolute Gasteiger partial charge is 0.143 e. The molecular weight excluding hydrogens is 825 g/mol. The second-order valence-corrected chi connectivity index (χ2v) is 18.1. The second-order valence-electron chi connectivity index (χ2n) is 18.1. The van der Waals surface area contributed by atoms with Gasteiger partial charge in [0.2, 0.25) is 0 Å². The molecule has 316 valence electrons. The van der Waals surface area contributed by atoms with Crippen molar-refractivity contribution in [1.82, 2.24) is 0 Å². The summed E-state index contributed by atoms with van der Waals surface area (Å²) in [5.74, 6) is 0. The largest absolute Gasteiger partial charge is 0.455 e. The number of hydrogen-bond acceptors (Lipinski definition) is 2.